The maximum Gasteiger partial charge on any atom is 0.255 e. The summed E-state index contributed by atoms with van der Waals surface area (Å²) >= 11 is 2.21. The third-order valence-electron chi connectivity index (χ3n) is 4.23. The van der Waals surface area contributed by atoms with Crippen molar-refractivity contribution >= 4 is 44.2 Å². The lowest BCUT2D eigenvalue weighted by atomic mass is 10.1. The molecular weight excluding hydrogens is 463 g/mol. The first-order valence-electron chi connectivity index (χ1n) is 8.39. The Balaban J connectivity index is 2.37. The summed E-state index contributed by atoms with van der Waals surface area (Å²) in [7, 11) is -3.61. The minimum atomic E-state index is -3.61. The normalized spacial score (nSPS) is 11.6. The molecule has 0 atom stereocenters. The van der Waals surface area contributed by atoms with Gasteiger partial charge in [-0.15, -0.1) is 0 Å². The number of aryl methyl sites for hydroxylation is 2. The van der Waals surface area contributed by atoms with Crippen LogP contribution in [0.5, 0.6) is 0 Å². The van der Waals surface area contributed by atoms with Crippen LogP contribution in [-0.4, -0.2) is 31.7 Å². The van der Waals surface area contributed by atoms with Gasteiger partial charge in [0.1, 0.15) is 0 Å². The number of hydrogen-bond acceptors (Lipinski definition) is 3. The molecule has 0 aliphatic rings. The van der Waals surface area contributed by atoms with Gasteiger partial charge in [0.15, 0.2) is 0 Å². The lowest BCUT2D eigenvalue weighted by Crippen LogP contribution is -2.30. The van der Waals surface area contributed by atoms with E-state index in [1.807, 2.05) is 25.1 Å². The maximum atomic E-state index is 12.7. The number of carbonyl (C=O) groups is 1. The van der Waals surface area contributed by atoms with Gasteiger partial charge in [-0.25, -0.2) is 8.42 Å². The van der Waals surface area contributed by atoms with Gasteiger partial charge < -0.3 is 5.32 Å². The standard InChI is InChI=1S/C19H23IN2O3S/c1-5-22(6-2)26(24,25)16-10-8-13(3)17(12-16)19(23)21-15-9-7-14(4)18(20)11-15/h7-12H,5-6H2,1-4H3,(H,21,23). The summed E-state index contributed by atoms with van der Waals surface area (Å²) < 4.78 is 27.9. The number of anilines is 1. The summed E-state index contributed by atoms with van der Waals surface area (Å²) in [6.45, 7) is 8.15. The molecule has 1 amide bonds. The van der Waals surface area contributed by atoms with E-state index >= 15 is 0 Å². The molecule has 5 nitrogen and oxygen atoms in total. The third-order valence-corrected chi connectivity index (χ3v) is 7.43. The molecule has 0 saturated carbocycles. The molecule has 0 spiro atoms. The molecule has 0 saturated heterocycles. The molecule has 0 bridgehead atoms. The number of amides is 1. The van der Waals surface area contributed by atoms with Crippen molar-refractivity contribution in [2.75, 3.05) is 18.4 Å². The van der Waals surface area contributed by atoms with Gasteiger partial charge in [0, 0.05) is 27.9 Å². The first-order chi connectivity index (χ1) is 12.2. The number of nitrogens with one attached hydrogen (secondary N) is 1. The van der Waals surface area contributed by atoms with Crippen LogP contribution in [0.25, 0.3) is 0 Å². The maximum absolute atomic E-state index is 12.7. The molecule has 0 radical (unpaired) electrons. The fourth-order valence-corrected chi connectivity index (χ4v) is 4.59. The SMILES string of the molecule is CCN(CC)S(=O)(=O)c1ccc(C)c(C(=O)Nc2ccc(C)c(I)c2)c1. The minimum absolute atomic E-state index is 0.135. The highest BCUT2D eigenvalue weighted by Gasteiger charge is 2.23. The Morgan fingerprint density at radius 1 is 1.04 bits per heavy atom. The predicted octanol–water partition coefficient (Wildman–Crippen LogP) is 4.19. The van der Waals surface area contributed by atoms with Crippen molar-refractivity contribution in [3.63, 3.8) is 0 Å². The van der Waals surface area contributed by atoms with Crippen LogP contribution in [0.15, 0.2) is 41.3 Å². The van der Waals surface area contributed by atoms with Crippen LogP contribution in [0.4, 0.5) is 5.69 Å². The van der Waals surface area contributed by atoms with Crippen LogP contribution in [0.3, 0.4) is 0 Å². The van der Waals surface area contributed by atoms with E-state index in [4.69, 9.17) is 0 Å². The minimum Gasteiger partial charge on any atom is -0.322 e. The topological polar surface area (TPSA) is 66.5 Å². The first-order valence-corrected chi connectivity index (χ1v) is 10.9. The highest BCUT2D eigenvalue weighted by atomic mass is 127. The molecule has 0 fully saturated rings. The molecule has 0 aliphatic heterocycles. The van der Waals surface area contributed by atoms with E-state index in [0.29, 0.717) is 24.3 Å². The number of benzene rings is 2. The van der Waals surface area contributed by atoms with E-state index in [1.54, 1.807) is 32.9 Å². The van der Waals surface area contributed by atoms with E-state index in [0.717, 1.165) is 14.7 Å². The second-order valence-electron chi connectivity index (χ2n) is 5.98. The molecule has 2 aromatic carbocycles. The van der Waals surface area contributed by atoms with E-state index < -0.39 is 10.0 Å². The van der Waals surface area contributed by atoms with E-state index in [-0.39, 0.29) is 10.8 Å². The van der Waals surface area contributed by atoms with Crippen molar-refractivity contribution < 1.29 is 13.2 Å². The molecule has 1 N–H and O–H groups in total. The van der Waals surface area contributed by atoms with Gasteiger partial charge >= 0.3 is 0 Å². The average Bonchev–Trinajstić information content (AvgIpc) is 2.59. The number of sulfonamides is 1. The first kappa shape index (κ1) is 20.9. The van der Waals surface area contributed by atoms with Crippen molar-refractivity contribution in [1.82, 2.24) is 4.31 Å². The van der Waals surface area contributed by atoms with E-state index in [2.05, 4.69) is 27.9 Å². The van der Waals surface area contributed by atoms with Crippen molar-refractivity contribution in [2.45, 2.75) is 32.6 Å². The fraction of sp³-hybridized carbons (Fsp3) is 0.316. The smallest absolute Gasteiger partial charge is 0.255 e. The largest absolute Gasteiger partial charge is 0.322 e. The Bertz CT molecular complexity index is 922. The Morgan fingerprint density at radius 3 is 2.23 bits per heavy atom. The van der Waals surface area contributed by atoms with Crippen LogP contribution in [0, 0.1) is 17.4 Å². The molecule has 0 unspecified atom stereocenters. The number of nitrogens with zero attached hydrogens (tertiary/aromatic N) is 1. The van der Waals surface area contributed by atoms with Gasteiger partial charge in [-0.3, -0.25) is 4.79 Å². The second kappa shape index (κ2) is 8.49. The van der Waals surface area contributed by atoms with Gasteiger partial charge in [0.25, 0.3) is 5.91 Å². The zero-order valence-corrected chi connectivity index (χ0v) is 18.3. The summed E-state index contributed by atoms with van der Waals surface area (Å²) in [5.74, 6) is -0.321. The number of rotatable bonds is 6. The highest BCUT2D eigenvalue weighted by molar-refractivity contribution is 14.1. The van der Waals surface area contributed by atoms with E-state index in [9.17, 15) is 13.2 Å². The summed E-state index contributed by atoms with van der Waals surface area (Å²) in [4.78, 5) is 12.8. The number of halogens is 1. The number of carbonyl (C=O) groups excluding carboxylic acids is 1. The lowest BCUT2D eigenvalue weighted by Gasteiger charge is -2.19. The zero-order valence-electron chi connectivity index (χ0n) is 15.3. The van der Waals surface area contributed by atoms with Gasteiger partial charge in [0.05, 0.1) is 4.90 Å². The third kappa shape index (κ3) is 4.44. The Labute approximate surface area is 169 Å². The molecule has 26 heavy (non-hydrogen) atoms. The Kier molecular flexibility index (Phi) is 6.81. The predicted molar refractivity (Wildman–Crippen MR) is 113 cm³/mol. The molecular formula is C19H23IN2O3S. The summed E-state index contributed by atoms with van der Waals surface area (Å²) in [6.07, 6.45) is 0. The van der Waals surface area contributed by atoms with Crippen LogP contribution in [0.1, 0.15) is 35.3 Å². The Hall–Kier alpha value is -1.45. The monoisotopic (exact) mass is 486 g/mol. The van der Waals surface area contributed by atoms with Crippen molar-refractivity contribution in [3.05, 3.63) is 56.7 Å². The van der Waals surface area contributed by atoms with Crippen molar-refractivity contribution in [3.8, 4) is 0 Å². The van der Waals surface area contributed by atoms with Crippen LogP contribution in [0.2, 0.25) is 0 Å². The second-order valence-corrected chi connectivity index (χ2v) is 9.08. The average molecular weight is 486 g/mol. The highest BCUT2D eigenvalue weighted by Crippen LogP contribution is 2.22. The van der Waals surface area contributed by atoms with Crippen molar-refractivity contribution in [2.24, 2.45) is 0 Å². The molecule has 0 heterocycles. The quantitative estimate of drug-likeness (QED) is 0.623. The molecule has 2 aromatic rings. The summed E-state index contributed by atoms with van der Waals surface area (Å²) in [5, 5.41) is 2.85. The molecule has 7 heteroatoms. The zero-order chi connectivity index (χ0) is 19.5. The molecule has 0 aliphatic carbocycles. The lowest BCUT2D eigenvalue weighted by molar-refractivity contribution is 0.102. The molecule has 0 aromatic heterocycles. The molecule has 2 rings (SSSR count). The van der Waals surface area contributed by atoms with Crippen molar-refractivity contribution in [1.29, 1.82) is 0 Å². The van der Waals surface area contributed by atoms with Gasteiger partial charge in [-0.2, -0.15) is 4.31 Å². The van der Waals surface area contributed by atoms with Gasteiger partial charge in [0.2, 0.25) is 10.0 Å². The Morgan fingerprint density at radius 2 is 1.65 bits per heavy atom. The van der Waals surface area contributed by atoms with Gasteiger partial charge in [-0.1, -0.05) is 26.0 Å². The fourth-order valence-electron chi connectivity index (χ4n) is 2.59. The number of hydrogen-bond donors (Lipinski definition) is 1. The van der Waals surface area contributed by atoms with Crippen LogP contribution in [-0.2, 0) is 10.0 Å². The van der Waals surface area contributed by atoms with Crippen LogP contribution < -0.4 is 5.32 Å². The van der Waals surface area contributed by atoms with Crippen LogP contribution >= 0.6 is 22.6 Å². The van der Waals surface area contributed by atoms with Gasteiger partial charge in [-0.05, 0) is 71.8 Å². The van der Waals surface area contributed by atoms with E-state index in [1.165, 1.54) is 10.4 Å². The summed E-state index contributed by atoms with van der Waals surface area (Å²) in [5.41, 5.74) is 2.89. The molecule has 140 valence electrons. The summed E-state index contributed by atoms with van der Waals surface area (Å²) in [6, 6.07) is 10.3.